The lowest BCUT2D eigenvalue weighted by atomic mass is 10.1. The van der Waals surface area contributed by atoms with Crippen molar-refractivity contribution in [3.05, 3.63) is 0 Å². The van der Waals surface area contributed by atoms with Crippen LogP contribution in [-0.2, 0) is 0 Å². The molecule has 0 saturated heterocycles. The molecule has 0 heterocycles. The number of aliphatic hydroxyl groups excluding tert-OH is 1. The second-order valence-electron chi connectivity index (χ2n) is 4.93. The van der Waals surface area contributed by atoms with Gasteiger partial charge in [-0.2, -0.15) is 0 Å². The summed E-state index contributed by atoms with van der Waals surface area (Å²) in [6.07, 6.45) is 0.959. The zero-order valence-electron chi connectivity index (χ0n) is 11.6. The summed E-state index contributed by atoms with van der Waals surface area (Å²) in [5.41, 5.74) is 0. The van der Waals surface area contributed by atoms with Crippen LogP contribution < -0.4 is 5.32 Å². The minimum atomic E-state index is -0.0819. The number of aliphatic hydroxyl groups is 1. The highest BCUT2D eigenvalue weighted by Gasteiger charge is 2.12. The van der Waals surface area contributed by atoms with Crippen LogP contribution in [0.2, 0.25) is 0 Å². The molecule has 0 aromatic rings. The second kappa shape index (κ2) is 9.24. The Hall–Kier alpha value is -0.810. The van der Waals surface area contributed by atoms with Gasteiger partial charge in [-0.15, -0.1) is 0 Å². The van der Waals surface area contributed by atoms with Crippen molar-refractivity contribution in [3.8, 4) is 0 Å². The highest BCUT2D eigenvalue weighted by molar-refractivity contribution is 5.74. The molecule has 0 rings (SSSR count). The van der Waals surface area contributed by atoms with E-state index in [9.17, 15) is 4.79 Å². The molecule has 5 nitrogen and oxygen atoms in total. The minimum absolute atomic E-state index is 0.0131. The summed E-state index contributed by atoms with van der Waals surface area (Å²) < 4.78 is 0. The lowest BCUT2D eigenvalue weighted by Crippen LogP contribution is -2.44. The molecule has 102 valence electrons. The van der Waals surface area contributed by atoms with E-state index in [-0.39, 0.29) is 12.6 Å². The van der Waals surface area contributed by atoms with E-state index in [2.05, 4.69) is 19.2 Å². The maximum absolute atomic E-state index is 11.8. The van der Waals surface area contributed by atoms with Crippen molar-refractivity contribution in [2.75, 3.05) is 46.9 Å². The van der Waals surface area contributed by atoms with Gasteiger partial charge in [-0.1, -0.05) is 13.8 Å². The fourth-order valence-electron chi connectivity index (χ4n) is 1.35. The summed E-state index contributed by atoms with van der Waals surface area (Å²) in [7, 11) is 3.94. The van der Waals surface area contributed by atoms with Crippen molar-refractivity contribution >= 4 is 6.03 Å². The Morgan fingerprint density at radius 1 is 1.24 bits per heavy atom. The van der Waals surface area contributed by atoms with E-state index >= 15 is 0 Å². The van der Waals surface area contributed by atoms with Gasteiger partial charge in [0.25, 0.3) is 0 Å². The zero-order valence-corrected chi connectivity index (χ0v) is 11.6. The van der Waals surface area contributed by atoms with Gasteiger partial charge in [-0.3, -0.25) is 0 Å². The lowest BCUT2D eigenvalue weighted by Gasteiger charge is -2.23. The number of hydrogen-bond donors (Lipinski definition) is 2. The molecule has 0 aliphatic carbocycles. The van der Waals surface area contributed by atoms with Crippen LogP contribution in [-0.4, -0.2) is 67.8 Å². The fourth-order valence-corrected chi connectivity index (χ4v) is 1.35. The summed E-state index contributed by atoms with van der Waals surface area (Å²) in [6, 6.07) is -0.0819. The van der Waals surface area contributed by atoms with Gasteiger partial charge in [0, 0.05) is 26.2 Å². The highest BCUT2D eigenvalue weighted by Crippen LogP contribution is 2.02. The van der Waals surface area contributed by atoms with Crippen molar-refractivity contribution in [1.29, 1.82) is 0 Å². The predicted octanol–water partition coefficient (Wildman–Crippen LogP) is 0.598. The third kappa shape index (κ3) is 8.94. The van der Waals surface area contributed by atoms with E-state index in [1.807, 2.05) is 19.0 Å². The van der Waals surface area contributed by atoms with Crippen LogP contribution in [0.25, 0.3) is 0 Å². The molecule has 0 aromatic carbocycles. The first-order valence-corrected chi connectivity index (χ1v) is 6.25. The Morgan fingerprint density at radius 2 is 1.88 bits per heavy atom. The number of amides is 2. The fraction of sp³-hybridized carbons (Fsp3) is 0.917. The van der Waals surface area contributed by atoms with Gasteiger partial charge in [0.1, 0.15) is 0 Å². The standard InChI is InChI=1S/C12H27N3O2/c1-11(2)5-7-15(9-10-16)12(17)13-6-8-14(3)4/h11,16H,5-10H2,1-4H3,(H,13,17). The molecule has 0 atom stereocenters. The Balaban J connectivity index is 3.96. The maximum Gasteiger partial charge on any atom is 0.317 e. The molecule has 0 radical (unpaired) electrons. The summed E-state index contributed by atoms with van der Waals surface area (Å²) >= 11 is 0. The Labute approximate surface area is 105 Å². The maximum atomic E-state index is 11.8. The Morgan fingerprint density at radius 3 is 2.35 bits per heavy atom. The summed E-state index contributed by atoms with van der Waals surface area (Å²) in [5.74, 6) is 0.561. The van der Waals surface area contributed by atoms with Crippen molar-refractivity contribution < 1.29 is 9.90 Å². The normalized spacial score (nSPS) is 11.0. The highest BCUT2D eigenvalue weighted by atomic mass is 16.3. The zero-order chi connectivity index (χ0) is 13.3. The van der Waals surface area contributed by atoms with Gasteiger partial charge in [-0.25, -0.2) is 4.79 Å². The molecule has 17 heavy (non-hydrogen) atoms. The molecule has 0 spiro atoms. The van der Waals surface area contributed by atoms with Crippen LogP contribution in [0.1, 0.15) is 20.3 Å². The molecule has 0 aromatic heterocycles. The predicted molar refractivity (Wildman–Crippen MR) is 70.1 cm³/mol. The monoisotopic (exact) mass is 245 g/mol. The third-order valence-electron chi connectivity index (χ3n) is 2.47. The number of carbonyl (C=O) groups excluding carboxylic acids is 1. The number of rotatable bonds is 8. The third-order valence-corrected chi connectivity index (χ3v) is 2.47. The molecule has 0 aliphatic heterocycles. The molecule has 0 unspecified atom stereocenters. The van der Waals surface area contributed by atoms with Gasteiger partial charge in [-0.05, 0) is 26.4 Å². The van der Waals surface area contributed by atoms with Gasteiger partial charge in [0.15, 0.2) is 0 Å². The van der Waals surface area contributed by atoms with Crippen LogP contribution in [0.4, 0.5) is 4.79 Å². The van der Waals surface area contributed by atoms with Crippen molar-refractivity contribution in [2.24, 2.45) is 5.92 Å². The van der Waals surface area contributed by atoms with Crippen molar-refractivity contribution in [3.63, 3.8) is 0 Å². The molecule has 0 aliphatic rings. The number of urea groups is 1. The van der Waals surface area contributed by atoms with Crippen LogP contribution in [0.5, 0.6) is 0 Å². The van der Waals surface area contributed by atoms with E-state index in [0.29, 0.717) is 25.6 Å². The van der Waals surface area contributed by atoms with Gasteiger partial charge in [0.2, 0.25) is 0 Å². The molecular formula is C12H27N3O2. The van der Waals surface area contributed by atoms with Crippen molar-refractivity contribution in [1.82, 2.24) is 15.1 Å². The summed E-state index contributed by atoms with van der Waals surface area (Å²) in [5, 5.41) is 11.8. The van der Waals surface area contributed by atoms with E-state index in [4.69, 9.17) is 5.11 Å². The Kier molecular flexibility index (Phi) is 8.80. The molecule has 2 amide bonds. The largest absolute Gasteiger partial charge is 0.395 e. The first-order chi connectivity index (χ1) is 7.97. The van der Waals surface area contributed by atoms with E-state index in [1.54, 1.807) is 4.90 Å². The summed E-state index contributed by atoms with van der Waals surface area (Å²) in [4.78, 5) is 15.5. The average Bonchev–Trinajstić information content (AvgIpc) is 2.23. The first-order valence-electron chi connectivity index (χ1n) is 6.25. The first kappa shape index (κ1) is 16.2. The van der Waals surface area contributed by atoms with Crippen LogP contribution in [0.15, 0.2) is 0 Å². The SMILES string of the molecule is CC(C)CCN(CCO)C(=O)NCCN(C)C. The van der Waals surface area contributed by atoms with Crippen LogP contribution in [0, 0.1) is 5.92 Å². The Bertz CT molecular complexity index is 208. The molecular weight excluding hydrogens is 218 g/mol. The van der Waals surface area contributed by atoms with Crippen LogP contribution in [0.3, 0.4) is 0 Å². The number of nitrogens with zero attached hydrogens (tertiary/aromatic N) is 2. The summed E-state index contributed by atoms with van der Waals surface area (Å²) in [6.45, 7) is 6.83. The van der Waals surface area contributed by atoms with E-state index in [1.165, 1.54) is 0 Å². The quantitative estimate of drug-likeness (QED) is 0.658. The molecule has 5 heteroatoms. The van der Waals surface area contributed by atoms with E-state index < -0.39 is 0 Å². The molecule has 0 saturated carbocycles. The van der Waals surface area contributed by atoms with Crippen LogP contribution >= 0.6 is 0 Å². The van der Waals surface area contributed by atoms with Gasteiger partial charge < -0.3 is 20.2 Å². The number of carbonyl (C=O) groups is 1. The lowest BCUT2D eigenvalue weighted by molar-refractivity contribution is 0.173. The topological polar surface area (TPSA) is 55.8 Å². The number of nitrogens with one attached hydrogen (secondary N) is 1. The molecule has 0 fully saturated rings. The average molecular weight is 245 g/mol. The molecule has 0 bridgehead atoms. The second-order valence-corrected chi connectivity index (χ2v) is 4.93. The minimum Gasteiger partial charge on any atom is -0.395 e. The number of likely N-dealkylation sites (N-methyl/N-ethyl adjacent to an activating group) is 1. The van der Waals surface area contributed by atoms with Gasteiger partial charge >= 0.3 is 6.03 Å². The number of hydrogen-bond acceptors (Lipinski definition) is 3. The van der Waals surface area contributed by atoms with E-state index in [0.717, 1.165) is 13.0 Å². The smallest absolute Gasteiger partial charge is 0.317 e. The molecule has 2 N–H and O–H groups in total. The van der Waals surface area contributed by atoms with Crippen molar-refractivity contribution in [2.45, 2.75) is 20.3 Å². The van der Waals surface area contributed by atoms with Gasteiger partial charge in [0.05, 0.1) is 6.61 Å².